The average Bonchev–Trinajstić information content (AvgIpc) is 2.74. The van der Waals surface area contributed by atoms with Gasteiger partial charge in [0.1, 0.15) is 22.3 Å². The highest BCUT2D eigenvalue weighted by Crippen LogP contribution is 2.22. The molecule has 6 nitrogen and oxygen atoms in total. The first-order valence-corrected chi connectivity index (χ1v) is 10.9. The van der Waals surface area contributed by atoms with E-state index in [1.807, 2.05) is 25.1 Å². The van der Waals surface area contributed by atoms with Crippen LogP contribution < -0.4 is 9.50 Å². The van der Waals surface area contributed by atoms with Crippen LogP contribution in [0.3, 0.4) is 0 Å². The number of carbonyl (C=O) groups excluding carboxylic acids is 1. The first-order chi connectivity index (χ1) is 14.8. The molecule has 0 aliphatic heterocycles. The fourth-order valence-corrected chi connectivity index (χ4v) is 3.63. The summed E-state index contributed by atoms with van der Waals surface area (Å²) in [6.07, 6.45) is 1.35. The molecule has 1 amide bonds. The van der Waals surface area contributed by atoms with E-state index in [-0.39, 0.29) is 16.2 Å². The number of nitrogens with one attached hydrogen (secondary N) is 1. The van der Waals surface area contributed by atoms with E-state index >= 15 is 0 Å². The van der Waals surface area contributed by atoms with Crippen molar-refractivity contribution in [2.24, 2.45) is 0 Å². The Bertz CT molecular complexity index is 1280. The van der Waals surface area contributed by atoms with Crippen molar-refractivity contribution in [3.63, 3.8) is 0 Å². The van der Waals surface area contributed by atoms with Crippen LogP contribution >= 0.6 is 11.6 Å². The number of aryl methyl sites for hydroxylation is 1. The zero-order valence-electron chi connectivity index (χ0n) is 16.4. The molecule has 0 heterocycles. The number of hydrogen-bond acceptors (Lipinski definition) is 5. The molecule has 0 aromatic heterocycles. The Morgan fingerprint density at radius 1 is 1.06 bits per heavy atom. The summed E-state index contributed by atoms with van der Waals surface area (Å²) in [6.45, 7) is 1.93. The Labute approximate surface area is 185 Å². The van der Waals surface area contributed by atoms with Gasteiger partial charge in [-0.1, -0.05) is 41.4 Å². The van der Waals surface area contributed by atoms with E-state index < -0.39 is 16.0 Å². The summed E-state index contributed by atoms with van der Waals surface area (Å²) in [5.74, 6) is -0.536. The third-order valence-corrected chi connectivity index (χ3v) is 5.67. The minimum Gasteiger partial charge on any atom is -0.379 e. The quantitative estimate of drug-likeness (QED) is 0.324. The molecule has 0 atom stereocenters. The van der Waals surface area contributed by atoms with Crippen molar-refractivity contribution < 1.29 is 17.4 Å². The highest BCUT2D eigenvalue weighted by Gasteiger charge is 2.17. The molecule has 0 saturated heterocycles. The maximum Gasteiger partial charge on any atom is 0.339 e. The van der Waals surface area contributed by atoms with Crippen LogP contribution in [0.5, 0.6) is 5.75 Å². The summed E-state index contributed by atoms with van der Waals surface area (Å²) in [7, 11) is -4.07. The zero-order valence-corrected chi connectivity index (χ0v) is 17.9. The number of hydrogen-bond donors (Lipinski definition) is 1. The smallest absolute Gasteiger partial charge is 0.339 e. The lowest BCUT2D eigenvalue weighted by molar-refractivity contribution is -0.112. The van der Waals surface area contributed by atoms with Crippen molar-refractivity contribution >= 4 is 39.4 Å². The number of benzene rings is 3. The fraction of sp³-hybridized carbons (Fsp3) is 0.0435. The van der Waals surface area contributed by atoms with Crippen molar-refractivity contribution in [2.75, 3.05) is 5.32 Å². The highest BCUT2D eigenvalue weighted by atomic mass is 35.5. The molecular formula is C23H17ClN2O4S. The third-order valence-electron chi connectivity index (χ3n) is 4.15. The van der Waals surface area contributed by atoms with E-state index in [2.05, 4.69) is 5.32 Å². The minimum absolute atomic E-state index is 0.0416. The van der Waals surface area contributed by atoms with Crippen LogP contribution in [0.2, 0.25) is 5.02 Å². The molecule has 8 heteroatoms. The molecule has 1 N–H and O–H groups in total. The molecule has 0 bridgehead atoms. The van der Waals surface area contributed by atoms with E-state index in [1.165, 1.54) is 42.5 Å². The van der Waals surface area contributed by atoms with Crippen LogP contribution in [0.1, 0.15) is 11.1 Å². The topological polar surface area (TPSA) is 96.3 Å². The van der Waals surface area contributed by atoms with Gasteiger partial charge >= 0.3 is 10.1 Å². The van der Waals surface area contributed by atoms with E-state index in [9.17, 15) is 18.5 Å². The normalized spacial score (nSPS) is 11.5. The lowest BCUT2D eigenvalue weighted by Crippen LogP contribution is -2.13. The summed E-state index contributed by atoms with van der Waals surface area (Å²) >= 11 is 5.79. The van der Waals surface area contributed by atoms with Gasteiger partial charge in [-0.25, -0.2) is 0 Å². The Morgan fingerprint density at radius 3 is 2.39 bits per heavy atom. The summed E-state index contributed by atoms with van der Waals surface area (Å²) in [4.78, 5) is 12.4. The second kappa shape index (κ2) is 9.47. The molecule has 0 radical (unpaired) electrons. The van der Waals surface area contributed by atoms with Crippen LogP contribution in [-0.2, 0) is 14.9 Å². The Hall–Kier alpha value is -3.60. The lowest BCUT2D eigenvalue weighted by atomic mass is 10.1. The van der Waals surface area contributed by atoms with Crippen LogP contribution in [0.4, 0.5) is 5.69 Å². The molecule has 156 valence electrons. The summed E-state index contributed by atoms with van der Waals surface area (Å²) in [5.41, 5.74) is 1.89. The van der Waals surface area contributed by atoms with Crippen LogP contribution in [0.15, 0.2) is 83.3 Å². The summed E-state index contributed by atoms with van der Waals surface area (Å²) in [6, 6.07) is 20.6. The molecule has 3 aromatic carbocycles. The number of carbonyl (C=O) groups is 1. The van der Waals surface area contributed by atoms with Crippen LogP contribution in [0, 0.1) is 18.3 Å². The number of amides is 1. The molecule has 0 unspecified atom stereocenters. The van der Waals surface area contributed by atoms with E-state index in [4.69, 9.17) is 15.8 Å². The molecule has 3 aromatic rings. The van der Waals surface area contributed by atoms with E-state index in [0.29, 0.717) is 16.3 Å². The predicted molar refractivity (Wildman–Crippen MR) is 119 cm³/mol. The van der Waals surface area contributed by atoms with Gasteiger partial charge in [0.15, 0.2) is 0 Å². The monoisotopic (exact) mass is 452 g/mol. The Balaban J connectivity index is 1.80. The number of rotatable bonds is 6. The molecule has 0 aliphatic rings. The fourth-order valence-electron chi connectivity index (χ4n) is 2.58. The van der Waals surface area contributed by atoms with Crippen LogP contribution in [-0.4, -0.2) is 14.3 Å². The zero-order chi connectivity index (χ0) is 22.4. The molecular weight excluding hydrogens is 436 g/mol. The van der Waals surface area contributed by atoms with Crippen molar-refractivity contribution in [3.05, 3.63) is 94.5 Å². The number of anilines is 1. The lowest BCUT2D eigenvalue weighted by Gasteiger charge is -2.08. The maximum atomic E-state index is 12.4. The standard InChI is InChI=1S/C23H17ClN2O4S/c1-16-5-9-20(10-6-16)26-23(27)18(15-25)13-17-3-2-4-21(14-17)30-31(28,29)22-11-7-19(24)8-12-22/h2-14H,1H3,(H,26,27)/b18-13-. The third kappa shape index (κ3) is 5.95. The number of nitrogens with zero attached hydrogens (tertiary/aromatic N) is 1. The second-order valence-electron chi connectivity index (χ2n) is 6.55. The van der Waals surface area contributed by atoms with Crippen molar-refractivity contribution in [3.8, 4) is 11.8 Å². The van der Waals surface area contributed by atoms with Gasteiger partial charge < -0.3 is 9.50 Å². The molecule has 0 fully saturated rings. The first-order valence-electron chi connectivity index (χ1n) is 9.07. The largest absolute Gasteiger partial charge is 0.379 e. The number of nitriles is 1. The van der Waals surface area contributed by atoms with Gasteiger partial charge in [-0.2, -0.15) is 13.7 Å². The molecule has 31 heavy (non-hydrogen) atoms. The number of halogens is 1. The molecule has 0 aliphatic carbocycles. The van der Waals surface area contributed by atoms with Crippen molar-refractivity contribution in [1.29, 1.82) is 5.26 Å². The SMILES string of the molecule is Cc1ccc(NC(=O)/C(C#N)=C\c2cccc(OS(=O)(=O)c3ccc(Cl)cc3)c2)cc1. The van der Waals surface area contributed by atoms with E-state index in [0.717, 1.165) is 5.56 Å². The van der Waals surface area contributed by atoms with Gasteiger partial charge in [0.05, 0.1) is 0 Å². The predicted octanol–water partition coefficient (Wildman–Crippen LogP) is 4.96. The molecule has 0 spiro atoms. The van der Waals surface area contributed by atoms with Gasteiger partial charge in [-0.05, 0) is 67.1 Å². The summed E-state index contributed by atoms with van der Waals surface area (Å²) in [5, 5.41) is 12.4. The van der Waals surface area contributed by atoms with Crippen molar-refractivity contribution in [2.45, 2.75) is 11.8 Å². The Kier molecular flexibility index (Phi) is 6.75. The van der Waals surface area contributed by atoms with E-state index in [1.54, 1.807) is 24.3 Å². The van der Waals surface area contributed by atoms with Gasteiger partial charge in [0, 0.05) is 10.7 Å². The second-order valence-corrected chi connectivity index (χ2v) is 8.54. The maximum absolute atomic E-state index is 12.4. The van der Waals surface area contributed by atoms with Gasteiger partial charge in [0.2, 0.25) is 0 Å². The van der Waals surface area contributed by atoms with Crippen LogP contribution in [0.25, 0.3) is 6.08 Å². The van der Waals surface area contributed by atoms with Gasteiger partial charge in [-0.15, -0.1) is 0 Å². The van der Waals surface area contributed by atoms with Crippen molar-refractivity contribution in [1.82, 2.24) is 0 Å². The summed E-state index contributed by atoms with van der Waals surface area (Å²) < 4.78 is 30.0. The highest BCUT2D eigenvalue weighted by molar-refractivity contribution is 7.87. The Morgan fingerprint density at radius 2 is 1.74 bits per heavy atom. The molecule has 0 saturated carbocycles. The average molecular weight is 453 g/mol. The minimum atomic E-state index is -4.07. The van der Waals surface area contributed by atoms with Gasteiger partial charge in [-0.3, -0.25) is 4.79 Å². The molecule has 3 rings (SSSR count). The first kappa shape index (κ1) is 22.1. The van der Waals surface area contributed by atoms with Gasteiger partial charge in [0.25, 0.3) is 5.91 Å².